The minimum atomic E-state index is -0.498. The van der Waals surface area contributed by atoms with E-state index in [4.69, 9.17) is 4.74 Å². The number of anilines is 1. The van der Waals surface area contributed by atoms with Crippen LogP contribution in [0.2, 0.25) is 0 Å². The number of benzene rings is 4. The van der Waals surface area contributed by atoms with Crippen molar-refractivity contribution in [2.75, 3.05) is 5.32 Å². The number of hydrogen-bond donors (Lipinski definition) is 1. The highest BCUT2D eigenvalue weighted by atomic mass is 16.5. The molecule has 1 N–H and O–H groups in total. The van der Waals surface area contributed by atoms with E-state index >= 15 is 0 Å². The number of aromatic nitrogens is 3. The summed E-state index contributed by atoms with van der Waals surface area (Å²) in [4.78, 5) is 12.2. The molecule has 0 atom stereocenters. The van der Waals surface area contributed by atoms with Crippen LogP contribution < -0.4 is 5.32 Å². The molecule has 35 heavy (non-hydrogen) atoms. The van der Waals surface area contributed by atoms with Gasteiger partial charge in [-0.25, -0.2) is 9.48 Å². The van der Waals surface area contributed by atoms with Crippen LogP contribution in [-0.4, -0.2) is 21.1 Å². The third kappa shape index (κ3) is 5.45. The zero-order valence-electron chi connectivity index (χ0n) is 19.0. The van der Waals surface area contributed by atoms with Gasteiger partial charge in [0.05, 0.1) is 12.2 Å². The van der Waals surface area contributed by atoms with E-state index in [0.717, 1.165) is 33.6 Å². The molecule has 0 saturated carbocycles. The predicted octanol–water partition coefficient (Wildman–Crippen LogP) is 6.41. The highest BCUT2D eigenvalue weighted by Gasteiger charge is 2.17. The average molecular weight is 461 g/mol. The largest absolute Gasteiger partial charge is 0.444 e. The third-order valence-corrected chi connectivity index (χ3v) is 5.57. The van der Waals surface area contributed by atoms with E-state index in [1.54, 1.807) is 0 Å². The van der Waals surface area contributed by atoms with Crippen LogP contribution in [0.1, 0.15) is 11.1 Å². The lowest BCUT2D eigenvalue weighted by Gasteiger charge is -2.11. The molecule has 0 aliphatic carbocycles. The topological polar surface area (TPSA) is 69.0 Å². The monoisotopic (exact) mass is 460 g/mol. The SMILES string of the molecule is O=C(Nc1ccc(-c2c(-c3ccccc3)nnn2Cc2ccccc2)cc1)OCc1ccccc1. The number of carbonyl (C=O) groups is 1. The van der Waals surface area contributed by atoms with Gasteiger partial charge < -0.3 is 4.74 Å². The molecule has 0 spiro atoms. The van der Waals surface area contributed by atoms with Crippen LogP contribution in [0.3, 0.4) is 0 Å². The molecule has 4 aromatic carbocycles. The van der Waals surface area contributed by atoms with Gasteiger partial charge in [-0.1, -0.05) is 108 Å². The number of amides is 1. The van der Waals surface area contributed by atoms with Crippen molar-refractivity contribution >= 4 is 11.8 Å². The molecule has 172 valence electrons. The van der Waals surface area contributed by atoms with Crippen LogP contribution in [0.4, 0.5) is 10.5 Å². The van der Waals surface area contributed by atoms with Crippen molar-refractivity contribution in [3.05, 3.63) is 126 Å². The minimum Gasteiger partial charge on any atom is -0.444 e. The Balaban J connectivity index is 1.37. The number of hydrogen-bond acceptors (Lipinski definition) is 4. The number of ether oxygens (including phenoxy) is 1. The standard InChI is InChI=1S/C29H24N4O2/c34-29(35-21-23-12-6-2-7-13-23)30-26-18-16-25(17-19-26)28-27(24-14-8-3-9-15-24)31-32-33(28)20-22-10-4-1-5-11-22/h1-19H,20-21H2,(H,30,34). The fraction of sp³-hybridized carbons (Fsp3) is 0.0690. The fourth-order valence-electron chi connectivity index (χ4n) is 3.84. The Labute approximate surface area is 203 Å². The van der Waals surface area contributed by atoms with Crippen molar-refractivity contribution in [2.24, 2.45) is 0 Å². The number of nitrogens with zero attached hydrogens (tertiary/aromatic N) is 3. The van der Waals surface area contributed by atoms with Gasteiger partial charge in [0.2, 0.25) is 0 Å². The van der Waals surface area contributed by atoms with E-state index in [9.17, 15) is 4.79 Å². The van der Waals surface area contributed by atoms with E-state index in [2.05, 4.69) is 27.8 Å². The van der Waals surface area contributed by atoms with Gasteiger partial charge in [-0.3, -0.25) is 5.32 Å². The summed E-state index contributed by atoms with van der Waals surface area (Å²) in [6.07, 6.45) is -0.498. The summed E-state index contributed by atoms with van der Waals surface area (Å²) < 4.78 is 7.23. The second-order valence-corrected chi connectivity index (χ2v) is 8.06. The van der Waals surface area contributed by atoms with Gasteiger partial charge in [-0.05, 0) is 23.3 Å². The molecule has 6 heteroatoms. The first kappa shape index (κ1) is 22.1. The first-order chi connectivity index (χ1) is 17.3. The van der Waals surface area contributed by atoms with Crippen molar-refractivity contribution in [1.82, 2.24) is 15.0 Å². The highest BCUT2D eigenvalue weighted by Crippen LogP contribution is 2.31. The lowest BCUT2D eigenvalue weighted by molar-refractivity contribution is 0.155. The van der Waals surface area contributed by atoms with Gasteiger partial charge in [-0.15, -0.1) is 5.10 Å². The Morgan fingerprint density at radius 2 is 1.31 bits per heavy atom. The molecule has 1 heterocycles. The molecule has 5 rings (SSSR count). The van der Waals surface area contributed by atoms with Gasteiger partial charge in [0, 0.05) is 16.8 Å². The molecule has 0 saturated heterocycles. The lowest BCUT2D eigenvalue weighted by atomic mass is 10.0. The summed E-state index contributed by atoms with van der Waals surface area (Å²) in [6, 6.07) is 37.4. The second-order valence-electron chi connectivity index (χ2n) is 8.06. The summed E-state index contributed by atoms with van der Waals surface area (Å²) in [7, 11) is 0. The van der Waals surface area contributed by atoms with Crippen LogP contribution in [0, 0.1) is 0 Å². The highest BCUT2D eigenvalue weighted by molar-refractivity contribution is 5.85. The Morgan fingerprint density at radius 3 is 1.97 bits per heavy atom. The molecule has 1 aromatic heterocycles. The number of nitrogens with one attached hydrogen (secondary N) is 1. The molecule has 0 aliphatic heterocycles. The van der Waals surface area contributed by atoms with Crippen LogP contribution in [0.15, 0.2) is 115 Å². The molecule has 0 fully saturated rings. The van der Waals surface area contributed by atoms with Gasteiger partial charge >= 0.3 is 6.09 Å². The average Bonchev–Trinajstić information content (AvgIpc) is 3.33. The molecule has 6 nitrogen and oxygen atoms in total. The maximum atomic E-state index is 12.2. The van der Waals surface area contributed by atoms with Gasteiger partial charge in [0.15, 0.2) is 0 Å². The van der Waals surface area contributed by atoms with E-state index in [-0.39, 0.29) is 6.61 Å². The summed E-state index contributed by atoms with van der Waals surface area (Å²) in [6.45, 7) is 0.817. The number of carbonyl (C=O) groups excluding carboxylic acids is 1. The maximum absolute atomic E-state index is 12.2. The molecule has 0 aliphatic rings. The van der Waals surface area contributed by atoms with E-state index in [1.165, 1.54) is 0 Å². The first-order valence-electron chi connectivity index (χ1n) is 11.4. The van der Waals surface area contributed by atoms with Crippen molar-refractivity contribution in [1.29, 1.82) is 0 Å². The van der Waals surface area contributed by atoms with Gasteiger partial charge in [-0.2, -0.15) is 0 Å². The minimum absolute atomic E-state index is 0.218. The molecule has 0 bridgehead atoms. The van der Waals surface area contributed by atoms with Gasteiger partial charge in [0.1, 0.15) is 12.3 Å². The maximum Gasteiger partial charge on any atom is 0.411 e. The Morgan fingerprint density at radius 1 is 0.714 bits per heavy atom. The van der Waals surface area contributed by atoms with Crippen LogP contribution in [-0.2, 0) is 17.9 Å². The van der Waals surface area contributed by atoms with Crippen LogP contribution in [0.25, 0.3) is 22.5 Å². The summed E-state index contributed by atoms with van der Waals surface area (Å²) in [5.74, 6) is 0. The van der Waals surface area contributed by atoms with Crippen molar-refractivity contribution in [3.63, 3.8) is 0 Å². The predicted molar refractivity (Wildman–Crippen MR) is 137 cm³/mol. The lowest BCUT2D eigenvalue weighted by Crippen LogP contribution is -2.13. The Hall–Kier alpha value is -4.71. The zero-order chi connectivity index (χ0) is 23.9. The first-order valence-corrected chi connectivity index (χ1v) is 11.4. The normalized spacial score (nSPS) is 10.6. The quantitative estimate of drug-likeness (QED) is 0.305. The molecule has 0 unspecified atom stereocenters. The Bertz CT molecular complexity index is 1380. The van der Waals surface area contributed by atoms with Gasteiger partial charge in [0.25, 0.3) is 0 Å². The molecule has 0 radical (unpaired) electrons. The summed E-state index contributed by atoms with van der Waals surface area (Å²) >= 11 is 0. The molecular formula is C29H24N4O2. The van der Waals surface area contributed by atoms with Crippen LogP contribution >= 0.6 is 0 Å². The van der Waals surface area contributed by atoms with Crippen molar-refractivity contribution < 1.29 is 9.53 Å². The Kier molecular flexibility index (Phi) is 6.62. The van der Waals surface area contributed by atoms with E-state index in [1.807, 2.05) is 108 Å². The molecule has 5 aromatic rings. The zero-order valence-corrected chi connectivity index (χ0v) is 19.0. The molecule has 1 amide bonds. The van der Waals surface area contributed by atoms with Crippen molar-refractivity contribution in [2.45, 2.75) is 13.2 Å². The fourth-order valence-corrected chi connectivity index (χ4v) is 3.84. The second kappa shape index (κ2) is 10.5. The van der Waals surface area contributed by atoms with E-state index in [0.29, 0.717) is 12.2 Å². The van der Waals surface area contributed by atoms with Crippen LogP contribution in [0.5, 0.6) is 0 Å². The summed E-state index contributed by atoms with van der Waals surface area (Å²) in [5, 5.41) is 11.8. The molecular weight excluding hydrogens is 436 g/mol. The number of rotatable bonds is 7. The van der Waals surface area contributed by atoms with Crippen molar-refractivity contribution in [3.8, 4) is 22.5 Å². The third-order valence-electron chi connectivity index (χ3n) is 5.57. The summed E-state index contributed by atoms with van der Waals surface area (Å²) in [5.41, 5.74) is 6.39. The smallest absolute Gasteiger partial charge is 0.411 e. The van der Waals surface area contributed by atoms with E-state index < -0.39 is 6.09 Å².